The van der Waals surface area contributed by atoms with Gasteiger partial charge in [-0.15, -0.1) is 11.3 Å². The third-order valence-corrected chi connectivity index (χ3v) is 4.24. The maximum Gasteiger partial charge on any atom is 0.195 e. The van der Waals surface area contributed by atoms with Gasteiger partial charge in [0.05, 0.1) is 4.88 Å². The molecule has 0 saturated carbocycles. The van der Waals surface area contributed by atoms with E-state index in [1.807, 2.05) is 18.2 Å². The van der Waals surface area contributed by atoms with Crippen LogP contribution in [0.4, 0.5) is 4.39 Å². The number of carbonyl (C=O) groups excluding carboxylic acids is 1. The van der Waals surface area contributed by atoms with Crippen molar-refractivity contribution in [1.82, 2.24) is 4.98 Å². The number of allylic oxidation sites excluding steroid dienone is 1. The zero-order valence-corrected chi connectivity index (χ0v) is 12.4. The number of nitrogens with zero attached hydrogens (tertiary/aromatic N) is 1. The molecule has 0 aliphatic heterocycles. The third-order valence-electron chi connectivity index (χ3n) is 3.09. The van der Waals surface area contributed by atoms with Crippen LogP contribution in [-0.4, -0.2) is 10.8 Å². The summed E-state index contributed by atoms with van der Waals surface area (Å²) >= 11 is 1.40. The molecule has 1 aromatic carbocycles. The predicted molar refractivity (Wildman–Crippen MR) is 87.3 cm³/mol. The Labute approximate surface area is 131 Å². The molecule has 0 spiro atoms. The van der Waals surface area contributed by atoms with Crippen LogP contribution in [0.5, 0.6) is 0 Å². The molecule has 4 heteroatoms. The number of pyridine rings is 1. The van der Waals surface area contributed by atoms with Gasteiger partial charge in [-0.3, -0.25) is 9.78 Å². The lowest BCUT2D eigenvalue weighted by atomic mass is 10.2. The molecule has 0 atom stereocenters. The normalized spacial score (nSPS) is 11.0. The van der Waals surface area contributed by atoms with E-state index in [0.29, 0.717) is 4.88 Å². The molecule has 3 aromatic rings. The molecule has 0 N–H and O–H groups in total. The van der Waals surface area contributed by atoms with Gasteiger partial charge in [0.1, 0.15) is 5.82 Å². The Hall–Kier alpha value is -2.59. The summed E-state index contributed by atoms with van der Waals surface area (Å²) in [6, 6.07) is 13.6. The molecule has 22 heavy (non-hydrogen) atoms. The van der Waals surface area contributed by atoms with Gasteiger partial charge in [0, 0.05) is 17.3 Å². The van der Waals surface area contributed by atoms with E-state index in [0.717, 1.165) is 16.0 Å². The minimum absolute atomic E-state index is 0.0535. The summed E-state index contributed by atoms with van der Waals surface area (Å²) in [5.41, 5.74) is 1.79. The Morgan fingerprint density at radius 1 is 1.09 bits per heavy atom. The van der Waals surface area contributed by atoms with Crippen molar-refractivity contribution in [3.63, 3.8) is 0 Å². The second kappa shape index (κ2) is 6.45. The first-order chi connectivity index (χ1) is 10.7. The van der Waals surface area contributed by atoms with E-state index in [1.54, 1.807) is 36.7 Å². The first-order valence-corrected chi connectivity index (χ1v) is 7.52. The summed E-state index contributed by atoms with van der Waals surface area (Å²) in [6.07, 6.45) is 6.67. The molecule has 0 fully saturated rings. The van der Waals surface area contributed by atoms with Crippen molar-refractivity contribution in [3.8, 4) is 10.4 Å². The Balaban J connectivity index is 1.77. The lowest BCUT2D eigenvalue weighted by molar-refractivity contribution is 0.105. The highest BCUT2D eigenvalue weighted by Gasteiger charge is 2.08. The van der Waals surface area contributed by atoms with E-state index in [9.17, 15) is 9.18 Å². The summed E-state index contributed by atoms with van der Waals surface area (Å²) in [6.45, 7) is 0. The van der Waals surface area contributed by atoms with Crippen molar-refractivity contribution in [1.29, 1.82) is 0 Å². The molecule has 0 unspecified atom stereocenters. The van der Waals surface area contributed by atoms with Gasteiger partial charge in [-0.2, -0.15) is 0 Å². The summed E-state index contributed by atoms with van der Waals surface area (Å²) in [7, 11) is 0. The fourth-order valence-electron chi connectivity index (χ4n) is 1.97. The standard InChI is InChI=1S/C18H12FNOS/c19-15-6-4-14(5-7-15)17-9-10-18(22-17)16(21)8-3-13-2-1-11-20-12-13/h1-12H. The van der Waals surface area contributed by atoms with Gasteiger partial charge >= 0.3 is 0 Å². The van der Waals surface area contributed by atoms with Crippen molar-refractivity contribution in [2.45, 2.75) is 0 Å². The number of benzene rings is 1. The molecule has 3 rings (SSSR count). The number of halogens is 1. The quantitative estimate of drug-likeness (QED) is 0.509. The summed E-state index contributed by atoms with van der Waals surface area (Å²) in [5, 5.41) is 0. The van der Waals surface area contributed by atoms with Crippen LogP contribution < -0.4 is 0 Å². The van der Waals surface area contributed by atoms with Gasteiger partial charge in [0.15, 0.2) is 5.78 Å². The number of aromatic nitrogens is 1. The van der Waals surface area contributed by atoms with Gasteiger partial charge in [0.25, 0.3) is 0 Å². The summed E-state index contributed by atoms with van der Waals surface area (Å²) < 4.78 is 12.9. The first kappa shape index (κ1) is 14.4. The average molecular weight is 309 g/mol. The van der Waals surface area contributed by atoms with E-state index >= 15 is 0 Å². The SMILES string of the molecule is O=C(C=Cc1cccnc1)c1ccc(-c2ccc(F)cc2)s1. The molecule has 0 radical (unpaired) electrons. The molecule has 2 nitrogen and oxygen atoms in total. The van der Waals surface area contributed by atoms with Crippen LogP contribution >= 0.6 is 11.3 Å². The first-order valence-electron chi connectivity index (χ1n) is 6.70. The number of rotatable bonds is 4. The molecule has 108 valence electrons. The number of hydrogen-bond donors (Lipinski definition) is 0. The molecule has 2 heterocycles. The molecule has 0 aliphatic carbocycles. The van der Waals surface area contributed by atoms with Crippen LogP contribution in [0.15, 0.2) is 67.0 Å². The van der Waals surface area contributed by atoms with E-state index in [4.69, 9.17) is 0 Å². The van der Waals surface area contributed by atoms with E-state index in [1.165, 1.54) is 29.5 Å². The third kappa shape index (κ3) is 3.35. The summed E-state index contributed by atoms with van der Waals surface area (Å²) in [5.74, 6) is -0.321. The van der Waals surface area contributed by atoms with Crippen molar-refractivity contribution in [3.05, 3.63) is 83.3 Å². The highest BCUT2D eigenvalue weighted by molar-refractivity contribution is 7.17. The van der Waals surface area contributed by atoms with Crippen molar-refractivity contribution in [2.24, 2.45) is 0 Å². The van der Waals surface area contributed by atoms with Crippen LogP contribution in [0, 0.1) is 5.82 Å². The van der Waals surface area contributed by atoms with Crippen LogP contribution in [0.2, 0.25) is 0 Å². The van der Waals surface area contributed by atoms with Crippen molar-refractivity contribution in [2.75, 3.05) is 0 Å². The zero-order chi connectivity index (χ0) is 15.4. The highest BCUT2D eigenvalue weighted by Crippen LogP contribution is 2.28. The Bertz CT molecular complexity index is 807. The Kier molecular flexibility index (Phi) is 4.21. The van der Waals surface area contributed by atoms with E-state index < -0.39 is 0 Å². The molecule has 0 saturated heterocycles. The van der Waals surface area contributed by atoms with Gasteiger partial charge in [0.2, 0.25) is 0 Å². The van der Waals surface area contributed by atoms with Gasteiger partial charge in [-0.1, -0.05) is 18.2 Å². The molecule has 0 amide bonds. The minimum Gasteiger partial charge on any atom is -0.288 e. The topological polar surface area (TPSA) is 30.0 Å². The van der Waals surface area contributed by atoms with Crippen LogP contribution in [0.3, 0.4) is 0 Å². The molecule has 2 aromatic heterocycles. The number of thiophene rings is 1. The molecular weight excluding hydrogens is 297 g/mol. The van der Waals surface area contributed by atoms with Crippen LogP contribution in [0.1, 0.15) is 15.2 Å². The minimum atomic E-state index is -0.268. The highest BCUT2D eigenvalue weighted by atomic mass is 32.1. The largest absolute Gasteiger partial charge is 0.288 e. The Morgan fingerprint density at radius 2 is 1.91 bits per heavy atom. The average Bonchev–Trinajstić information content (AvgIpc) is 3.04. The Morgan fingerprint density at radius 3 is 2.64 bits per heavy atom. The lowest BCUT2D eigenvalue weighted by Crippen LogP contribution is -1.88. The van der Waals surface area contributed by atoms with E-state index in [-0.39, 0.29) is 11.6 Å². The van der Waals surface area contributed by atoms with E-state index in [2.05, 4.69) is 4.98 Å². The molecule has 0 bridgehead atoms. The number of carbonyl (C=O) groups is 1. The zero-order valence-electron chi connectivity index (χ0n) is 11.6. The van der Waals surface area contributed by atoms with Crippen molar-refractivity contribution < 1.29 is 9.18 Å². The maximum absolute atomic E-state index is 12.9. The molecule has 0 aliphatic rings. The lowest BCUT2D eigenvalue weighted by Gasteiger charge is -1.96. The fourth-order valence-corrected chi connectivity index (χ4v) is 2.90. The smallest absolute Gasteiger partial charge is 0.195 e. The monoisotopic (exact) mass is 309 g/mol. The second-order valence-electron chi connectivity index (χ2n) is 4.65. The second-order valence-corrected chi connectivity index (χ2v) is 5.74. The number of ketones is 1. The van der Waals surface area contributed by atoms with Gasteiger partial charge < -0.3 is 0 Å². The summed E-state index contributed by atoms with van der Waals surface area (Å²) in [4.78, 5) is 17.8. The van der Waals surface area contributed by atoms with Gasteiger partial charge in [-0.05, 0) is 53.6 Å². The number of hydrogen-bond acceptors (Lipinski definition) is 3. The van der Waals surface area contributed by atoms with Crippen molar-refractivity contribution >= 4 is 23.2 Å². The molecular formula is C18H12FNOS. The fraction of sp³-hybridized carbons (Fsp3) is 0. The predicted octanol–water partition coefficient (Wildman–Crippen LogP) is 4.85. The maximum atomic E-state index is 12.9. The van der Waals surface area contributed by atoms with Crippen LogP contribution in [-0.2, 0) is 0 Å². The van der Waals surface area contributed by atoms with Crippen LogP contribution in [0.25, 0.3) is 16.5 Å². The van der Waals surface area contributed by atoms with Gasteiger partial charge in [-0.25, -0.2) is 4.39 Å².